The highest BCUT2D eigenvalue weighted by Gasteiger charge is 2.34. The SMILES string of the molecule is C.CC(C)(C)OC(=O)CC1CCC(=O)CC1.CN(C)C1CCN(C2CCC(CC(=O)OC(C)(C)C)CC2)CC1.CN(C)C1CCNCC1.COc1cc(C)c(S(=O)(=O)N(C)CCC(=O)CC2CCC(N3CCC(N(C)C)CC3)CC2)c(C)c1. The molecule has 0 bridgehead atoms. The van der Waals surface area contributed by atoms with E-state index in [1.165, 1.54) is 121 Å². The van der Waals surface area contributed by atoms with Crippen LogP contribution >= 0.6 is 0 Å². The maximum absolute atomic E-state index is 13.2. The number of hydrogen-bond donors (Lipinski definition) is 1. The molecule has 0 atom stereocenters. The molecule has 3 aliphatic carbocycles. The fraction of sp³-hybridized carbons (Fsp3) is 0.848. The molecule has 0 spiro atoms. The second kappa shape index (κ2) is 35.7. The molecule has 0 unspecified atom stereocenters. The number of nitrogens with zero attached hydrogens (tertiary/aromatic N) is 6. The number of ether oxygens (including phenoxy) is 3. The Morgan fingerprint density at radius 2 is 0.928 bits per heavy atom. The second-order valence-corrected chi connectivity index (χ2v) is 29.7. The summed E-state index contributed by atoms with van der Waals surface area (Å²) in [5.74, 6) is 2.30. The average molecular weight is 1190 g/mol. The Bertz CT molecular complexity index is 2160. The maximum atomic E-state index is 13.2. The van der Waals surface area contributed by atoms with E-state index in [9.17, 15) is 27.6 Å². The molecule has 16 nitrogen and oxygen atoms in total. The van der Waals surface area contributed by atoms with E-state index in [-0.39, 0.29) is 43.7 Å². The highest BCUT2D eigenvalue weighted by atomic mass is 32.2. The number of rotatable bonds is 17. The molecule has 1 aromatic rings. The smallest absolute Gasteiger partial charge is 0.306 e. The van der Waals surface area contributed by atoms with Crippen molar-refractivity contribution in [3.8, 4) is 5.75 Å². The number of Topliss-reactive ketones (excluding diaryl/α,β-unsaturated/α-hetero) is 2. The summed E-state index contributed by atoms with van der Waals surface area (Å²) in [4.78, 5) is 59.9. The number of ketones is 2. The molecule has 0 amide bonds. The van der Waals surface area contributed by atoms with Crippen molar-refractivity contribution < 1.29 is 41.8 Å². The molecule has 3 saturated heterocycles. The van der Waals surface area contributed by atoms with Crippen LogP contribution in [0.25, 0.3) is 0 Å². The molecule has 3 aliphatic heterocycles. The van der Waals surface area contributed by atoms with Crippen molar-refractivity contribution in [1.82, 2.24) is 34.1 Å². The number of methoxy groups -OCH3 is 1. The van der Waals surface area contributed by atoms with Crippen LogP contribution in [0.5, 0.6) is 5.75 Å². The zero-order valence-corrected chi connectivity index (χ0v) is 55.4. The summed E-state index contributed by atoms with van der Waals surface area (Å²) in [6.07, 6.45) is 22.0. The molecule has 0 aromatic heterocycles. The van der Waals surface area contributed by atoms with E-state index >= 15 is 0 Å². The van der Waals surface area contributed by atoms with Crippen LogP contribution in [0.3, 0.4) is 0 Å². The second-order valence-electron chi connectivity index (χ2n) is 27.7. The molecular formula is C66H121N7O9S. The van der Waals surface area contributed by atoms with Crippen molar-refractivity contribution in [2.45, 2.75) is 250 Å². The molecule has 7 rings (SSSR count). The zero-order chi connectivity index (χ0) is 61.0. The van der Waals surface area contributed by atoms with Crippen molar-refractivity contribution in [2.75, 3.05) is 102 Å². The van der Waals surface area contributed by atoms with Crippen molar-refractivity contribution in [3.05, 3.63) is 23.3 Å². The van der Waals surface area contributed by atoms with E-state index in [0.717, 1.165) is 43.8 Å². The lowest BCUT2D eigenvalue weighted by atomic mass is 9.81. The molecule has 0 radical (unpaired) electrons. The van der Waals surface area contributed by atoms with Gasteiger partial charge in [0.25, 0.3) is 0 Å². The number of hydrogen-bond acceptors (Lipinski definition) is 15. The van der Waals surface area contributed by atoms with Gasteiger partial charge in [-0.15, -0.1) is 0 Å². The number of esters is 2. The molecule has 3 heterocycles. The fourth-order valence-electron chi connectivity index (χ4n) is 13.1. The van der Waals surface area contributed by atoms with Gasteiger partial charge < -0.3 is 44.0 Å². The highest BCUT2D eigenvalue weighted by Crippen LogP contribution is 2.35. The standard InChI is InChI=1S/C27H45N3O4S.C19H36N2O2.C12H20O3.C7H16N2.CH4/c1-20-17-26(34-6)18-21(2)27(20)35(32,33)29(5)14-13-25(31)19-22-7-9-24(10-8-22)30-15-11-23(12-16-30)28(3)4;1-19(2,3)23-18(22)14-15-6-8-17(9-7-15)21-12-10-16(11-13-21)20(4)5;1-12(2,3)15-11(14)8-9-4-6-10(13)7-5-9;1-9(2)7-3-5-8-6-4-7;/h17-18,22-24H,7-16,19H2,1-6H3;15-17H,6-14H2,1-5H3;9H,4-8H2,1-3H3;7-8H,3-6H2,1-2H3;1H4. The van der Waals surface area contributed by atoms with Crippen LogP contribution in [0.2, 0.25) is 0 Å². The Morgan fingerprint density at radius 1 is 0.566 bits per heavy atom. The number of nitrogens with one attached hydrogen (secondary N) is 1. The number of carbonyl (C=O) groups excluding carboxylic acids is 4. The molecule has 17 heteroatoms. The number of likely N-dealkylation sites (tertiary alicyclic amines) is 2. The predicted molar refractivity (Wildman–Crippen MR) is 339 cm³/mol. The van der Waals surface area contributed by atoms with E-state index in [4.69, 9.17) is 14.2 Å². The maximum Gasteiger partial charge on any atom is 0.306 e. The van der Waals surface area contributed by atoms with E-state index in [1.54, 1.807) is 40.1 Å². The zero-order valence-electron chi connectivity index (χ0n) is 54.5. The summed E-state index contributed by atoms with van der Waals surface area (Å²) in [5, 5.41) is 3.34. The van der Waals surface area contributed by atoms with Gasteiger partial charge in [0.1, 0.15) is 28.5 Å². The molecule has 6 fully saturated rings. The van der Waals surface area contributed by atoms with E-state index < -0.39 is 15.6 Å². The Kier molecular flexibility index (Phi) is 31.9. The van der Waals surface area contributed by atoms with Gasteiger partial charge in [-0.1, -0.05) is 7.43 Å². The fourth-order valence-corrected chi connectivity index (χ4v) is 14.7. The van der Waals surface area contributed by atoms with Crippen LogP contribution in [-0.2, 0) is 38.7 Å². The summed E-state index contributed by atoms with van der Waals surface area (Å²) in [6.45, 7) is 22.5. The third-order valence-electron chi connectivity index (χ3n) is 18.1. The van der Waals surface area contributed by atoms with Gasteiger partial charge in [0.05, 0.1) is 12.0 Å². The van der Waals surface area contributed by atoms with Crippen LogP contribution < -0.4 is 10.1 Å². The number of carbonyl (C=O) groups is 4. The van der Waals surface area contributed by atoms with Crippen LogP contribution in [0.4, 0.5) is 0 Å². The van der Waals surface area contributed by atoms with E-state index in [0.29, 0.717) is 89.5 Å². The molecular weight excluding hydrogens is 1070 g/mol. The molecule has 1 N–H and O–H groups in total. The quantitative estimate of drug-likeness (QED) is 0.147. The van der Waals surface area contributed by atoms with Gasteiger partial charge in [-0.05, 0) is 281 Å². The predicted octanol–water partition coefficient (Wildman–Crippen LogP) is 10.6. The summed E-state index contributed by atoms with van der Waals surface area (Å²) in [7, 11) is 12.5. The Hall–Kier alpha value is -3.03. The van der Waals surface area contributed by atoms with Crippen LogP contribution in [0, 0.1) is 31.6 Å². The Morgan fingerprint density at radius 3 is 1.28 bits per heavy atom. The number of sulfonamides is 1. The normalized spacial score (nSPS) is 23.3. The van der Waals surface area contributed by atoms with Crippen LogP contribution in [-0.4, -0.2) is 204 Å². The molecule has 83 heavy (non-hydrogen) atoms. The van der Waals surface area contributed by atoms with Gasteiger partial charge in [0, 0.05) is 82.3 Å². The first-order valence-electron chi connectivity index (χ1n) is 31.7. The van der Waals surface area contributed by atoms with Gasteiger partial charge >= 0.3 is 11.9 Å². The lowest BCUT2D eigenvalue weighted by Gasteiger charge is -2.42. The van der Waals surface area contributed by atoms with Gasteiger partial charge in [-0.2, -0.15) is 0 Å². The van der Waals surface area contributed by atoms with Crippen molar-refractivity contribution >= 4 is 33.5 Å². The molecule has 3 saturated carbocycles. The molecule has 6 aliphatic rings. The molecule has 480 valence electrons. The van der Waals surface area contributed by atoms with E-state index in [2.05, 4.69) is 72.1 Å². The lowest BCUT2D eigenvalue weighted by molar-refractivity contribution is -0.157. The summed E-state index contributed by atoms with van der Waals surface area (Å²) in [5.41, 5.74) is 0.553. The van der Waals surface area contributed by atoms with Gasteiger partial charge in [0.2, 0.25) is 10.0 Å². The highest BCUT2D eigenvalue weighted by molar-refractivity contribution is 7.89. The minimum atomic E-state index is -3.67. The topological polar surface area (TPSA) is 162 Å². The minimum absolute atomic E-state index is 0. The third-order valence-corrected chi connectivity index (χ3v) is 20.3. The first-order valence-corrected chi connectivity index (χ1v) is 33.1. The van der Waals surface area contributed by atoms with Crippen molar-refractivity contribution in [1.29, 1.82) is 0 Å². The van der Waals surface area contributed by atoms with Gasteiger partial charge in [0.15, 0.2) is 0 Å². The third kappa shape index (κ3) is 26.9. The van der Waals surface area contributed by atoms with E-state index in [1.807, 2.05) is 41.5 Å². The first kappa shape index (κ1) is 74.2. The summed E-state index contributed by atoms with van der Waals surface area (Å²) < 4.78 is 43.7. The van der Waals surface area contributed by atoms with Crippen LogP contribution in [0.1, 0.15) is 201 Å². The molecule has 1 aromatic carbocycles. The monoisotopic (exact) mass is 1190 g/mol. The average Bonchev–Trinajstić information content (AvgIpc) is 3.62. The number of piperidine rings is 3. The van der Waals surface area contributed by atoms with Crippen molar-refractivity contribution in [3.63, 3.8) is 0 Å². The Balaban J connectivity index is 0.000000322. The summed E-state index contributed by atoms with van der Waals surface area (Å²) in [6, 6.07) is 7.17. The van der Waals surface area contributed by atoms with Gasteiger partial charge in [-0.25, -0.2) is 12.7 Å². The summed E-state index contributed by atoms with van der Waals surface area (Å²) >= 11 is 0. The minimum Gasteiger partial charge on any atom is -0.497 e. The Labute approximate surface area is 506 Å². The number of benzene rings is 1. The first-order chi connectivity index (χ1) is 38.4. The number of aryl methyl sites for hydroxylation is 2. The van der Waals surface area contributed by atoms with Gasteiger partial charge in [-0.3, -0.25) is 19.2 Å². The van der Waals surface area contributed by atoms with Crippen molar-refractivity contribution in [2.24, 2.45) is 17.8 Å². The van der Waals surface area contributed by atoms with Crippen LogP contribution in [0.15, 0.2) is 17.0 Å². The largest absolute Gasteiger partial charge is 0.497 e. The lowest BCUT2D eigenvalue weighted by Crippen LogP contribution is -2.47.